The lowest BCUT2D eigenvalue weighted by atomic mass is 9.87. The van der Waals surface area contributed by atoms with E-state index in [1.807, 2.05) is 23.1 Å². The average molecular weight is 308 g/mol. The molecule has 3 heteroatoms. The van der Waals surface area contributed by atoms with Gasteiger partial charge in [0.25, 0.3) is 0 Å². The number of anilines is 1. The van der Waals surface area contributed by atoms with Crippen LogP contribution in [-0.4, -0.2) is 12.5 Å². The predicted molar refractivity (Wildman–Crippen MR) is 94.5 cm³/mol. The van der Waals surface area contributed by atoms with Crippen LogP contribution in [0.5, 0.6) is 0 Å². The van der Waals surface area contributed by atoms with Crippen LogP contribution in [0.4, 0.5) is 5.69 Å². The molecule has 1 heterocycles. The van der Waals surface area contributed by atoms with Crippen molar-refractivity contribution in [1.82, 2.24) is 5.32 Å². The van der Waals surface area contributed by atoms with Crippen molar-refractivity contribution < 1.29 is 4.79 Å². The summed E-state index contributed by atoms with van der Waals surface area (Å²) >= 11 is 0. The van der Waals surface area contributed by atoms with Crippen LogP contribution in [0.3, 0.4) is 0 Å². The molecule has 120 valence electrons. The number of carbonyl (C=O) groups excluding carboxylic acids is 1. The zero-order chi connectivity index (χ0) is 16.4. The highest BCUT2D eigenvalue weighted by atomic mass is 16.2. The fourth-order valence-electron chi connectivity index (χ4n) is 2.92. The van der Waals surface area contributed by atoms with Gasteiger partial charge < -0.3 is 10.2 Å². The second-order valence-electron chi connectivity index (χ2n) is 7.16. The SMILES string of the molecule is CC(C)(C)c1ccc(CN2C(=O)CNCc3ccccc32)cc1. The molecule has 2 aromatic carbocycles. The van der Waals surface area contributed by atoms with Crippen LogP contribution >= 0.6 is 0 Å². The molecule has 0 aliphatic carbocycles. The van der Waals surface area contributed by atoms with Gasteiger partial charge >= 0.3 is 0 Å². The second-order valence-corrected chi connectivity index (χ2v) is 7.16. The zero-order valence-electron chi connectivity index (χ0n) is 14.1. The molecule has 0 fully saturated rings. The second kappa shape index (κ2) is 6.17. The largest absolute Gasteiger partial charge is 0.307 e. The predicted octanol–water partition coefficient (Wildman–Crippen LogP) is 3.62. The van der Waals surface area contributed by atoms with Gasteiger partial charge in [0, 0.05) is 12.2 Å². The van der Waals surface area contributed by atoms with Crippen LogP contribution in [0.2, 0.25) is 0 Å². The minimum Gasteiger partial charge on any atom is -0.307 e. The first-order chi connectivity index (χ1) is 10.9. The molecular formula is C20H24N2O. The van der Waals surface area contributed by atoms with E-state index in [1.165, 1.54) is 11.1 Å². The van der Waals surface area contributed by atoms with Crippen molar-refractivity contribution in [3.63, 3.8) is 0 Å². The summed E-state index contributed by atoms with van der Waals surface area (Å²) in [4.78, 5) is 14.4. The summed E-state index contributed by atoms with van der Waals surface area (Å²) in [6, 6.07) is 16.7. The summed E-state index contributed by atoms with van der Waals surface area (Å²) in [7, 11) is 0. The number of nitrogens with zero attached hydrogens (tertiary/aromatic N) is 1. The van der Waals surface area contributed by atoms with Crippen molar-refractivity contribution in [2.75, 3.05) is 11.4 Å². The van der Waals surface area contributed by atoms with E-state index in [2.05, 4.69) is 56.4 Å². The molecule has 0 unspecified atom stereocenters. The van der Waals surface area contributed by atoms with Crippen LogP contribution in [0.15, 0.2) is 48.5 Å². The molecule has 0 radical (unpaired) electrons. The Morgan fingerprint density at radius 2 is 1.70 bits per heavy atom. The lowest BCUT2D eigenvalue weighted by molar-refractivity contribution is -0.117. The lowest BCUT2D eigenvalue weighted by Gasteiger charge is -2.24. The van der Waals surface area contributed by atoms with Crippen LogP contribution in [0.25, 0.3) is 0 Å². The van der Waals surface area contributed by atoms with Crippen molar-refractivity contribution in [3.05, 3.63) is 65.2 Å². The van der Waals surface area contributed by atoms with Crippen LogP contribution < -0.4 is 10.2 Å². The molecule has 0 aromatic heterocycles. The molecular weight excluding hydrogens is 284 g/mol. The Morgan fingerprint density at radius 3 is 2.39 bits per heavy atom. The third kappa shape index (κ3) is 3.45. The average Bonchev–Trinajstić information content (AvgIpc) is 2.67. The third-order valence-electron chi connectivity index (χ3n) is 4.34. The number of nitrogens with one attached hydrogen (secondary N) is 1. The standard InChI is InChI=1S/C20H24N2O/c1-20(2,3)17-10-8-15(9-11-17)14-22-18-7-5-4-6-16(18)12-21-13-19(22)23/h4-11,21H,12-14H2,1-3H3. The van der Waals surface area contributed by atoms with Gasteiger partial charge in [-0.05, 0) is 28.2 Å². The Balaban J connectivity index is 1.88. The van der Waals surface area contributed by atoms with Crippen molar-refractivity contribution in [2.24, 2.45) is 0 Å². The van der Waals surface area contributed by atoms with Gasteiger partial charge in [0.05, 0.1) is 13.1 Å². The highest BCUT2D eigenvalue weighted by molar-refractivity contribution is 5.96. The van der Waals surface area contributed by atoms with Gasteiger partial charge in [0.1, 0.15) is 0 Å². The molecule has 0 bridgehead atoms. The van der Waals surface area contributed by atoms with Crippen molar-refractivity contribution in [3.8, 4) is 0 Å². The third-order valence-corrected chi connectivity index (χ3v) is 4.34. The monoisotopic (exact) mass is 308 g/mol. The summed E-state index contributed by atoms with van der Waals surface area (Å²) in [5.41, 5.74) is 4.80. The van der Waals surface area contributed by atoms with Gasteiger partial charge in [-0.15, -0.1) is 0 Å². The number of hydrogen-bond acceptors (Lipinski definition) is 2. The Bertz CT molecular complexity index is 698. The molecule has 0 spiro atoms. The summed E-state index contributed by atoms with van der Waals surface area (Å²) in [5, 5.41) is 3.21. The van der Waals surface area contributed by atoms with Gasteiger partial charge in [-0.3, -0.25) is 4.79 Å². The molecule has 1 aliphatic heterocycles. The van der Waals surface area contributed by atoms with E-state index >= 15 is 0 Å². The first-order valence-electron chi connectivity index (χ1n) is 8.13. The van der Waals surface area contributed by atoms with E-state index < -0.39 is 0 Å². The molecule has 23 heavy (non-hydrogen) atoms. The maximum atomic E-state index is 12.5. The Labute approximate surface area is 138 Å². The maximum absolute atomic E-state index is 12.5. The summed E-state index contributed by atoms with van der Waals surface area (Å²) in [5.74, 6) is 0.120. The van der Waals surface area contributed by atoms with Gasteiger partial charge in [0.2, 0.25) is 5.91 Å². The summed E-state index contributed by atoms with van der Waals surface area (Å²) in [6.45, 7) is 8.37. The Hall–Kier alpha value is -2.13. The fraction of sp³-hybridized carbons (Fsp3) is 0.350. The normalized spacial score (nSPS) is 15.3. The van der Waals surface area contributed by atoms with E-state index in [1.54, 1.807) is 0 Å². The van der Waals surface area contributed by atoms with E-state index in [0.29, 0.717) is 13.1 Å². The van der Waals surface area contributed by atoms with Gasteiger partial charge in [0.15, 0.2) is 0 Å². The topological polar surface area (TPSA) is 32.3 Å². The Morgan fingerprint density at radius 1 is 1.00 bits per heavy atom. The van der Waals surface area contributed by atoms with Crippen molar-refractivity contribution in [1.29, 1.82) is 0 Å². The van der Waals surface area contributed by atoms with E-state index in [0.717, 1.165) is 17.8 Å². The van der Waals surface area contributed by atoms with Crippen LogP contribution in [0.1, 0.15) is 37.5 Å². The molecule has 3 rings (SSSR count). The summed E-state index contributed by atoms with van der Waals surface area (Å²) in [6.07, 6.45) is 0. The fourth-order valence-corrected chi connectivity index (χ4v) is 2.92. The summed E-state index contributed by atoms with van der Waals surface area (Å²) < 4.78 is 0. The quantitative estimate of drug-likeness (QED) is 0.919. The molecule has 2 aromatic rings. The molecule has 3 nitrogen and oxygen atoms in total. The zero-order valence-corrected chi connectivity index (χ0v) is 14.1. The highest BCUT2D eigenvalue weighted by Gasteiger charge is 2.22. The Kier molecular flexibility index (Phi) is 4.22. The van der Waals surface area contributed by atoms with E-state index in [9.17, 15) is 4.79 Å². The van der Waals surface area contributed by atoms with E-state index in [4.69, 9.17) is 0 Å². The number of benzene rings is 2. The highest BCUT2D eigenvalue weighted by Crippen LogP contribution is 2.26. The minimum absolute atomic E-state index is 0.120. The number of amides is 1. The first-order valence-corrected chi connectivity index (χ1v) is 8.13. The number of para-hydroxylation sites is 1. The van der Waals surface area contributed by atoms with Crippen molar-refractivity contribution >= 4 is 11.6 Å². The van der Waals surface area contributed by atoms with Gasteiger partial charge in [-0.2, -0.15) is 0 Å². The van der Waals surface area contributed by atoms with Crippen LogP contribution in [0, 0.1) is 0 Å². The number of rotatable bonds is 2. The number of fused-ring (bicyclic) bond motifs is 1. The molecule has 0 saturated heterocycles. The molecule has 1 amide bonds. The maximum Gasteiger partial charge on any atom is 0.241 e. The van der Waals surface area contributed by atoms with E-state index in [-0.39, 0.29) is 11.3 Å². The van der Waals surface area contributed by atoms with Gasteiger partial charge in [-0.25, -0.2) is 0 Å². The number of carbonyl (C=O) groups is 1. The smallest absolute Gasteiger partial charge is 0.241 e. The van der Waals surface area contributed by atoms with Crippen LogP contribution in [-0.2, 0) is 23.3 Å². The molecule has 0 saturated carbocycles. The minimum atomic E-state index is 0.120. The van der Waals surface area contributed by atoms with Gasteiger partial charge in [-0.1, -0.05) is 63.2 Å². The lowest BCUT2D eigenvalue weighted by Crippen LogP contribution is -2.35. The van der Waals surface area contributed by atoms with Crippen molar-refractivity contribution in [2.45, 2.75) is 39.3 Å². The first kappa shape index (κ1) is 15.8. The number of hydrogen-bond donors (Lipinski definition) is 1. The molecule has 0 atom stereocenters. The molecule has 1 N–H and O–H groups in total. The molecule has 1 aliphatic rings.